The Morgan fingerprint density at radius 3 is 1.58 bits per heavy atom. The summed E-state index contributed by atoms with van der Waals surface area (Å²) in [5, 5.41) is 0. The molecule has 0 aromatic heterocycles. The van der Waals surface area contributed by atoms with Crippen LogP contribution in [0.15, 0.2) is 18.2 Å². The number of benzene rings is 1. The zero-order chi connectivity index (χ0) is 24.2. The third-order valence-electron chi connectivity index (χ3n) is 6.75. The zero-order valence-electron chi connectivity index (χ0n) is 19.2. The SMILES string of the molecule is CCC1CC(=O)N(c2cc(N3C(=O)CC(C)C3=O)cc(N3C(=O)CC(C(C)C)C3=O)c2)C1=O. The highest BCUT2D eigenvalue weighted by atomic mass is 16.2. The maximum atomic E-state index is 13.0. The Morgan fingerprint density at radius 2 is 1.18 bits per heavy atom. The summed E-state index contributed by atoms with van der Waals surface area (Å²) in [5.41, 5.74) is 0.416. The molecular formula is C24H27N3O6. The van der Waals surface area contributed by atoms with E-state index in [0.29, 0.717) is 6.42 Å². The van der Waals surface area contributed by atoms with Crippen LogP contribution in [-0.2, 0) is 28.8 Å². The smallest absolute Gasteiger partial charge is 0.237 e. The van der Waals surface area contributed by atoms with Crippen molar-refractivity contribution in [3.63, 3.8) is 0 Å². The van der Waals surface area contributed by atoms with Crippen LogP contribution in [0.2, 0.25) is 0 Å². The molecule has 0 N–H and O–H groups in total. The van der Waals surface area contributed by atoms with Gasteiger partial charge in [0.25, 0.3) is 0 Å². The van der Waals surface area contributed by atoms with Crippen LogP contribution in [0.1, 0.15) is 53.4 Å². The second-order valence-electron chi connectivity index (χ2n) is 9.38. The molecule has 3 aliphatic rings. The summed E-state index contributed by atoms with van der Waals surface area (Å²) in [6.07, 6.45) is 0.640. The van der Waals surface area contributed by atoms with Crippen molar-refractivity contribution in [2.75, 3.05) is 14.7 Å². The van der Waals surface area contributed by atoms with Crippen molar-refractivity contribution in [1.29, 1.82) is 0 Å². The van der Waals surface area contributed by atoms with Crippen LogP contribution in [0.25, 0.3) is 0 Å². The molecule has 9 nitrogen and oxygen atoms in total. The lowest BCUT2D eigenvalue weighted by Gasteiger charge is -2.24. The lowest BCUT2D eigenvalue weighted by molar-refractivity contribution is -0.124. The predicted molar refractivity (Wildman–Crippen MR) is 119 cm³/mol. The van der Waals surface area contributed by atoms with Gasteiger partial charge in [-0.05, 0) is 30.5 Å². The summed E-state index contributed by atoms with van der Waals surface area (Å²) < 4.78 is 0. The minimum Gasteiger partial charge on any atom is -0.274 e. The molecule has 3 heterocycles. The van der Waals surface area contributed by atoms with Gasteiger partial charge in [0.05, 0.1) is 23.0 Å². The third-order valence-corrected chi connectivity index (χ3v) is 6.75. The first-order valence-electron chi connectivity index (χ1n) is 11.3. The Bertz CT molecular complexity index is 1090. The van der Waals surface area contributed by atoms with Crippen molar-refractivity contribution < 1.29 is 28.8 Å². The summed E-state index contributed by atoms with van der Waals surface area (Å²) in [6, 6.07) is 4.29. The number of amides is 6. The Morgan fingerprint density at radius 1 is 0.727 bits per heavy atom. The van der Waals surface area contributed by atoms with Gasteiger partial charge < -0.3 is 0 Å². The van der Waals surface area contributed by atoms with Crippen molar-refractivity contribution in [1.82, 2.24) is 0 Å². The van der Waals surface area contributed by atoms with E-state index in [4.69, 9.17) is 0 Å². The first-order chi connectivity index (χ1) is 15.5. The Kier molecular flexibility index (Phi) is 5.67. The highest BCUT2D eigenvalue weighted by Crippen LogP contribution is 2.39. The molecule has 0 bridgehead atoms. The normalized spacial score (nSPS) is 26.1. The van der Waals surface area contributed by atoms with Gasteiger partial charge in [0, 0.05) is 31.1 Å². The highest BCUT2D eigenvalue weighted by Gasteiger charge is 2.44. The van der Waals surface area contributed by atoms with Crippen molar-refractivity contribution >= 4 is 52.5 Å². The molecular weight excluding hydrogens is 426 g/mol. The van der Waals surface area contributed by atoms with E-state index in [1.165, 1.54) is 18.2 Å². The largest absolute Gasteiger partial charge is 0.274 e. The monoisotopic (exact) mass is 453 g/mol. The Hall–Kier alpha value is -3.36. The number of imide groups is 3. The molecule has 9 heteroatoms. The summed E-state index contributed by atoms with van der Waals surface area (Å²) in [7, 11) is 0. The van der Waals surface area contributed by atoms with Gasteiger partial charge >= 0.3 is 0 Å². The highest BCUT2D eigenvalue weighted by molar-refractivity contribution is 6.25. The molecule has 1 aromatic carbocycles. The Labute approximate surface area is 191 Å². The summed E-state index contributed by atoms with van der Waals surface area (Å²) in [4.78, 5) is 79.7. The fourth-order valence-electron chi connectivity index (χ4n) is 4.75. The molecule has 0 radical (unpaired) electrons. The van der Waals surface area contributed by atoms with Crippen LogP contribution in [-0.4, -0.2) is 35.4 Å². The van der Waals surface area contributed by atoms with E-state index in [1.807, 2.05) is 20.8 Å². The first kappa shape index (κ1) is 22.8. The maximum Gasteiger partial charge on any atom is 0.237 e. The zero-order valence-corrected chi connectivity index (χ0v) is 19.2. The lowest BCUT2D eigenvalue weighted by atomic mass is 9.94. The van der Waals surface area contributed by atoms with Gasteiger partial charge in [-0.1, -0.05) is 27.7 Å². The average molecular weight is 453 g/mol. The van der Waals surface area contributed by atoms with E-state index in [1.54, 1.807) is 6.92 Å². The topological polar surface area (TPSA) is 112 Å². The molecule has 6 amide bonds. The molecule has 4 rings (SSSR count). The van der Waals surface area contributed by atoms with Crippen molar-refractivity contribution in [2.45, 2.75) is 53.4 Å². The van der Waals surface area contributed by atoms with Gasteiger partial charge in [-0.25, -0.2) is 0 Å². The van der Waals surface area contributed by atoms with Gasteiger partial charge in [-0.2, -0.15) is 0 Å². The molecule has 33 heavy (non-hydrogen) atoms. The number of carbonyl (C=O) groups is 6. The molecule has 3 fully saturated rings. The van der Waals surface area contributed by atoms with E-state index >= 15 is 0 Å². The van der Waals surface area contributed by atoms with E-state index in [-0.39, 0.29) is 54.1 Å². The number of rotatable bonds is 5. The minimum absolute atomic E-state index is 0.0366. The quantitative estimate of drug-likeness (QED) is 0.633. The van der Waals surface area contributed by atoms with Crippen LogP contribution < -0.4 is 14.7 Å². The van der Waals surface area contributed by atoms with Crippen LogP contribution >= 0.6 is 0 Å². The maximum absolute atomic E-state index is 13.0. The lowest BCUT2D eigenvalue weighted by Crippen LogP contribution is -2.35. The molecule has 1 aromatic rings. The van der Waals surface area contributed by atoms with Gasteiger partial charge in [0.2, 0.25) is 35.4 Å². The van der Waals surface area contributed by atoms with Gasteiger partial charge in [0.1, 0.15) is 0 Å². The predicted octanol–water partition coefficient (Wildman–Crippen LogP) is 2.41. The van der Waals surface area contributed by atoms with Crippen LogP contribution in [0.3, 0.4) is 0 Å². The molecule has 3 atom stereocenters. The Balaban J connectivity index is 1.85. The number of hydrogen-bond acceptors (Lipinski definition) is 6. The van der Waals surface area contributed by atoms with E-state index in [2.05, 4.69) is 0 Å². The van der Waals surface area contributed by atoms with Gasteiger partial charge in [-0.15, -0.1) is 0 Å². The summed E-state index contributed by atoms with van der Waals surface area (Å²) in [5.74, 6) is -3.89. The number of hydrogen-bond donors (Lipinski definition) is 0. The first-order valence-corrected chi connectivity index (χ1v) is 11.3. The van der Waals surface area contributed by atoms with Crippen molar-refractivity contribution in [2.24, 2.45) is 23.7 Å². The molecule has 0 spiro atoms. The molecule has 174 valence electrons. The van der Waals surface area contributed by atoms with Gasteiger partial charge in [0.15, 0.2) is 0 Å². The van der Waals surface area contributed by atoms with Crippen LogP contribution in [0.4, 0.5) is 17.1 Å². The number of nitrogens with zero attached hydrogens (tertiary/aromatic N) is 3. The second kappa shape index (κ2) is 8.20. The summed E-state index contributed by atoms with van der Waals surface area (Å²) >= 11 is 0. The van der Waals surface area contributed by atoms with Crippen LogP contribution in [0.5, 0.6) is 0 Å². The summed E-state index contributed by atoms with van der Waals surface area (Å²) in [6.45, 7) is 7.18. The average Bonchev–Trinajstić information content (AvgIpc) is 3.31. The third kappa shape index (κ3) is 3.65. The standard InChI is InChI=1S/C24H27N3O6/c1-5-14-7-20(29)26(23(14)32)16-8-15(25-19(28)6-13(4)22(25)31)9-17(10-16)27-21(30)11-18(12(2)3)24(27)33/h8-10,12-14,18H,5-7,11H2,1-4H3. The van der Waals surface area contributed by atoms with Gasteiger partial charge in [-0.3, -0.25) is 43.5 Å². The van der Waals surface area contributed by atoms with E-state index in [9.17, 15) is 28.8 Å². The molecule has 3 saturated heterocycles. The number of carbonyl (C=O) groups excluding carboxylic acids is 6. The molecule has 3 aliphatic heterocycles. The van der Waals surface area contributed by atoms with E-state index in [0.717, 1.165) is 14.7 Å². The molecule has 0 saturated carbocycles. The molecule has 3 unspecified atom stereocenters. The van der Waals surface area contributed by atoms with Crippen LogP contribution in [0, 0.1) is 23.7 Å². The minimum atomic E-state index is -0.510. The van der Waals surface area contributed by atoms with Crippen molar-refractivity contribution in [3.8, 4) is 0 Å². The fourth-order valence-corrected chi connectivity index (χ4v) is 4.75. The molecule has 0 aliphatic carbocycles. The number of anilines is 3. The fraction of sp³-hybridized carbons (Fsp3) is 0.500. The van der Waals surface area contributed by atoms with E-state index < -0.39 is 41.4 Å². The van der Waals surface area contributed by atoms with Crippen molar-refractivity contribution in [3.05, 3.63) is 18.2 Å². The second-order valence-corrected chi connectivity index (χ2v) is 9.38.